The van der Waals surface area contributed by atoms with Crippen molar-refractivity contribution < 1.29 is 14.0 Å². The van der Waals surface area contributed by atoms with Gasteiger partial charge in [0.1, 0.15) is 10.8 Å². The minimum absolute atomic E-state index is 0.0766. The van der Waals surface area contributed by atoms with E-state index in [4.69, 9.17) is 0 Å². The van der Waals surface area contributed by atoms with Crippen LogP contribution in [0.5, 0.6) is 0 Å². The van der Waals surface area contributed by atoms with Crippen LogP contribution < -0.4 is 5.32 Å². The molecule has 26 heavy (non-hydrogen) atoms. The summed E-state index contributed by atoms with van der Waals surface area (Å²) in [7, 11) is 0. The minimum Gasteiger partial charge on any atom is -0.338 e. The van der Waals surface area contributed by atoms with Gasteiger partial charge < -0.3 is 10.2 Å². The van der Waals surface area contributed by atoms with E-state index in [2.05, 4.69) is 29.4 Å². The first-order valence-corrected chi connectivity index (χ1v) is 9.38. The molecule has 0 aliphatic carbocycles. The van der Waals surface area contributed by atoms with Gasteiger partial charge in [-0.05, 0) is 23.6 Å². The Labute approximate surface area is 155 Å². The second-order valence-electron chi connectivity index (χ2n) is 6.89. The maximum Gasteiger partial charge on any atom is 0.231 e. The van der Waals surface area contributed by atoms with Crippen LogP contribution in [0.1, 0.15) is 30.8 Å². The van der Waals surface area contributed by atoms with Crippen LogP contribution in [-0.2, 0) is 22.6 Å². The van der Waals surface area contributed by atoms with E-state index in [0.29, 0.717) is 24.1 Å². The number of aromatic nitrogens is 2. The summed E-state index contributed by atoms with van der Waals surface area (Å²) in [5.74, 6) is -0.550. The predicted molar refractivity (Wildman–Crippen MR) is 97.0 cm³/mol. The normalized spacial score (nSPS) is 17.2. The van der Waals surface area contributed by atoms with Crippen molar-refractivity contribution in [3.63, 3.8) is 0 Å². The molecule has 6 nitrogen and oxygen atoms in total. The Hall–Kier alpha value is -2.35. The number of nitrogens with zero attached hydrogens (tertiary/aromatic N) is 3. The molecule has 2 amide bonds. The Balaban J connectivity index is 1.56. The van der Waals surface area contributed by atoms with Crippen LogP contribution in [0.15, 0.2) is 24.3 Å². The Kier molecular flexibility index (Phi) is 5.61. The van der Waals surface area contributed by atoms with Crippen LogP contribution in [0.4, 0.5) is 9.52 Å². The zero-order chi connectivity index (χ0) is 18.7. The molecular formula is C18H21FN4O2S. The van der Waals surface area contributed by atoms with Crippen LogP contribution in [0.3, 0.4) is 0 Å². The van der Waals surface area contributed by atoms with Crippen LogP contribution in [0.25, 0.3) is 0 Å². The van der Waals surface area contributed by atoms with Gasteiger partial charge in [-0.25, -0.2) is 4.39 Å². The van der Waals surface area contributed by atoms with E-state index in [0.717, 1.165) is 17.0 Å². The van der Waals surface area contributed by atoms with Gasteiger partial charge in [0.25, 0.3) is 0 Å². The molecule has 8 heteroatoms. The standard InChI is InChI=1S/C18H21FN4O2S/c1-11(2)7-15-21-22-18(26-15)20-17(25)13-8-16(24)23(10-13)9-12-3-5-14(19)6-4-12/h3-6,11,13H,7-10H2,1-2H3,(H,20,22,25)/t13-/m0/s1. The summed E-state index contributed by atoms with van der Waals surface area (Å²) in [6.45, 7) is 4.92. The number of carbonyl (C=O) groups is 2. The molecule has 0 radical (unpaired) electrons. The second kappa shape index (κ2) is 7.90. The molecule has 1 saturated heterocycles. The van der Waals surface area contributed by atoms with Gasteiger partial charge in [-0.3, -0.25) is 9.59 Å². The Bertz CT molecular complexity index is 791. The zero-order valence-corrected chi connectivity index (χ0v) is 15.6. The van der Waals surface area contributed by atoms with Crippen molar-refractivity contribution in [2.45, 2.75) is 33.2 Å². The fourth-order valence-electron chi connectivity index (χ4n) is 2.85. The summed E-state index contributed by atoms with van der Waals surface area (Å²) in [5.41, 5.74) is 0.836. The van der Waals surface area contributed by atoms with Crippen LogP contribution in [0.2, 0.25) is 0 Å². The van der Waals surface area contributed by atoms with Crippen LogP contribution in [-0.4, -0.2) is 33.5 Å². The second-order valence-corrected chi connectivity index (χ2v) is 7.95. The van der Waals surface area contributed by atoms with E-state index < -0.39 is 5.92 Å². The molecule has 1 aliphatic heterocycles. The van der Waals surface area contributed by atoms with Gasteiger partial charge in [0.15, 0.2) is 0 Å². The summed E-state index contributed by atoms with van der Waals surface area (Å²) >= 11 is 1.37. The maximum absolute atomic E-state index is 13.0. The molecule has 1 atom stereocenters. The fourth-order valence-corrected chi connectivity index (χ4v) is 3.81. The highest BCUT2D eigenvalue weighted by molar-refractivity contribution is 7.15. The van der Waals surface area contributed by atoms with Gasteiger partial charge in [0.2, 0.25) is 16.9 Å². The predicted octanol–water partition coefficient (Wildman–Crippen LogP) is 2.86. The summed E-state index contributed by atoms with van der Waals surface area (Å²) in [4.78, 5) is 26.2. The number of likely N-dealkylation sites (tertiary alicyclic amines) is 1. The molecule has 0 bridgehead atoms. The summed E-state index contributed by atoms with van der Waals surface area (Å²) in [6.07, 6.45) is 0.992. The molecule has 2 aromatic rings. The van der Waals surface area contributed by atoms with E-state index in [1.165, 1.54) is 23.5 Å². The third-order valence-electron chi connectivity index (χ3n) is 4.15. The Morgan fingerprint density at radius 3 is 2.77 bits per heavy atom. The van der Waals surface area contributed by atoms with Gasteiger partial charge >= 0.3 is 0 Å². The fraction of sp³-hybridized carbons (Fsp3) is 0.444. The molecule has 2 heterocycles. The number of hydrogen-bond acceptors (Lipinski definition) is 5. The molecule has 1 aliphatic rings. The van der Waals surface area contributed by atoms with Crippen LogP contribution in [0, 0.1) is 17.7 Å². The maximum atomic E-state index is 13.0. The molecule has 0 saturated carbocycles. The van der Waals surface area contributed by atoms with E-state index >= 15 is 0 Å². The molecule has 138 valence electrons. The number of amides is 2. The number of carbonyl (C=O) groups excluding carboxylic acids is 2. The van der Waals surface area contributed by atoms with E-state index in [1.807, 2.05) is 0 Å². The van der Waals surface area contributed by atoms with E-state index in [1.54, 1.807) is 17.0 Å². The number of benzene rings is 1. The molecule has 1 aromatic heterocycles. The van der Waals surface area contributed by atoms with Crippen LogP contribution >= 0.6 is 11.3 Å². The third kappa shape index (κ3) is 4.63. The van der Waals surface area contributed by atoms with Crippen molar-refractivity contribution in [2.24, 2.45) is 11.8 Å². The van der Waals surface area contributed by atoms with Crippen molar-refractivity contribution in [3.8, 4) is 0 Å². The first kappa shape index (κ1) is 18.4. The van der Waals surface area contributed by atoms with Crippen molar-refractivity contribution in [3.05, 3.63) is 40.7 Å². The molecular weight excluding hydrogens is 355 g/mol. The molecule has 1 fully saturated rings. The summed E-state index contributed by atoms with van der Waals surface area (Å²) in [6, 6.07) is 6.02. The van der Waals surface area contributed by atoms with Crippen molar-refractivity contribution >= 4 is 28.3 Å². The van der Waals surface area contributed by atoms with E-state index in [-0.39, 0.29) is 24.1 Å². The lowest BCUT2D eigenvalue weighted by Gasteiger charge is -2.16. The topological polar surface area (TPSA) is 75.2 Å². The highest BCUT2D eigenvalue weighted by Crippen LogP contribution is 2.24. The highest BCUT2D eigenvalue weighted by atomic mass is 32.1. The largest absolute Gasteiger partial charge is 0.338 e. The minimum atomic E-state index is -0.416. The average molecular weight is 376 g/mol. The molecule has 0 unspecified atom stereocenters. The summed E-state index contributed by atoms with van der Waals surface area (Å²) < 4.78 is 13.0. The number of anilines is 1. The first-order chi connectivity index (χ1) is 12.4. The Morgan fingerprint density at radius 2 is 2.08 bits per heavy atom. The van der Waals surface area contributed by atoms with Gasteiger partial charge in [0.05, 0.1) is 5.92 Å². The molecule has 1 N–H and O–H groups in total. The first-order valence-electron chi connectivity index (χ1n) is 8.56. The van der Waals surface area contributed by atoms with Gasteiger partial charge in [0, 0.05) is 25.9 Å². The highest BCUT2D eigenvalue weighted by Gasteiger charge is 2.34. The van der Waals surface area contributed by atoms with Gasteiger partial charge in [-0.15, -0.1) is 10.2 Å². The third-order valence-corrected chi connectivity index (χ3v) is 5.01. The van der Waals surface area contributed by atoms with E-state index in [9.17, 15) is 14.0 Å². The Morgan fingerprint density at radius 1 is 1.35 bits per heavy atom. The monoisotopic (exact) mass is 376 g/mol. The van der Waals surface area contributed by atoms with Gasteiger partial charge in [-0.1, -0.05) is 37.3 Å². The number of hydrogen-bond donors (Lipinski definition) is 1. The summed E-state index contributed by atoms with van der Waals surface area (Å²) in [5, 5.41) is 12.2. The number of rotatable bonds is 6. The lowest BCUT2D eigenvalue weighted by molar-refractivity contribution is -0.128. The zero-order valence-electron chi connectivity index (χ0n) is 14.7. The lowest BCUT2D eigenvalue weighted by atomic mass is 10.1. The van der Waals surface area contributed by atoms with Crippen molar-refractivity contribution in [2.75, 3.05) is 11.9 Å². The number of nitrogens with one attached hydrogen (secondary N) is 1. The number of halogens is 1. The van der Waals surface area contributed by atoms with Gasteiger partial charge in [-0.2, -0.15) is 0 Å². The molecule has 3 rings (SSSR count). The quantitative estimate of drug-likeness (QED) is 0.841. The average Bonchev–Trinajstić information content (AvgIpc) is 3.16. The lowest BCUT2D eigenvalue weighted by Crippen LogP contribution is -2.28. The van der Waals surface area contributed by atoms with Crippen molar-refractivity contribution in [1.82, 2.24) is 15.1 Å². The SMILES string of the molecule is CC(C)Cc1nnc(NC(=O)[C@H]2CC(=O)N(Cc3ccc(F)cc3)C2)s1. The molecule has 0 spiro atoms. The smallest absolute Gasteiger partial charge is 0.231 e. The molecule has 1 aromatic carbocycles. The van der Waals surface area contributed by atoms with Crippen molar-refractivity contribution in [1.29, 1.82) is 0 Å².